The fourth-order valence-corrected chi connectivity index (χ4v) is 5.42. The van der Waals surface area contributed by atoms with Crippen LogP contribution >= 0.6 is 34.9 Å². The summed E-state index contributed by atoms with van der Waals surface area (Å²) in [6, 6.07) is 0. The normalized spacial score (nSPS) is 22.1. The molecule has 0 saturated carbocycles. The quantitative estimate of drug-likeness (QED) is 0.534. The first-order valence-electron chi connectivity index (χ1n) is 9.05. The Bertz CT molecular complexity index is 568. The number of hydrogen-bond donors (Lipinski definition) is 2. The van der Waals surface area contributed by atoms with Crippen LogP contribution in [0.4, 0.5) is 0 Å². The molecule has 0 radical (unpaired) electrons. The van der Waals surface area contributed by atoms with Crippen molar-refractivity contribution in [3.05, 3.63) is 0 Å². The lowest BCUT2D eigenvalue weighted by Gasteiger charge is -2.10. The molecule has 8 nitrogen and oxygen atoms in total. The second kappa shape index (κ2) is 11.2. The lowest BCUT2D eigenvalue weighted by atomic mass is 10.2. The maximum Gasteiger partial charge on any atom is 0.230 e. The minimum Gasteiger partial charge on any atom is -0.376 e. The standard InChI is InChI=1S/C16H24N4O4S3/c21-13(17-7-11-3-1-5-23-11)9-25-15-19-20-16(27-15)26-10-14(22)18-8-12-4-2-6-24-12/h11-12H,1-10H2,(H,17,21)(H,18,22)/t11-,12-/m0/s1. The number of ether oxygens (including phenoxy) is 2. The van der Waals surface area contributed by atoms with Crippen molar-refractivity contribution in [1.82, 2.24) is 20.8 Å². The Morgan fingerprint density at radius 2 is 1.41 bits per heavy atom. The molecule has 150 valence electrons. The highest BCUT2D eigenvalue weighted by Crippen LogP contribution is 2.28. The van der Waals surface area contributed by atoms with Gasteiger partial charge in [-0.1, -0.05) is 34.9 Å². The van der Waals surface area contributed by atoms with E-state index in [9.17, 15) is 9.59 Å². The number of hydrogen-bond acceptors (Lipinski definition) is 9. The largest absolute Gasteiger partial charge is 0.376 e. The maximum atomic E-state index is 11.9. The Kier molecular flexibility index (Phi) is 8.65. The lowest BCUT2D eigenvalue weighted by Crippen LogP contribution is -2.32. The first-order chi connectivity index (χ1) is 13.2. The summed E-state index contributed by atoms with van der Waals surface area (Å²) in [5, 5.41) is 13.9. The zero-order valence-electron chi connectivity index (χ0n) is 15.0. The lowest BCUT2D eigenvalue weighted by molar-refractivity contribution is -0.119. The van der Waals surface area contributed by atoms with E-state index in [0.717, 1.165) is 47.6 Å². The van der Waals surface area contributed by atoms with Crippen LogP contribution in [0.15, 0.2) is 8.68 Å². The minimum atomic E-state index is -0.0339. The summed E-state index contributed by atoms with van der Waals surface area (Å²) in [4.78, 5) is 23.8. The maximum absolute atomic E-state index is 11.9. The molecule has 2 saturated heterocycles. The van der Waals surface area contributed by atoms with E-state index in [-0.39, 0.29) is 24.0 Å². The Hall–Kier alpha value is -0.880. The average molecular weight is 433 g/mol. The van der Waals surface area contributed by atoms with Crippen LogP contribution in [0, 0.1) is 0 Å². The molecule has 0 bridgehead atoms. The van der Waals surface area contributed by atoms with Crippen LogP contribution in [-0.4, -0.2) is 72.0 Å². The SMILES string of the molecule is O=C(CSc1nnc(SCC(=O)NC[C@@H]2CCCO2)s1)NC[C@@H]1CCCO1. The van der Waals surface area contributed by atoms with Crippen molar-refractivity contribution in [1.29, 1.82) is 0 Å². The molecule has 0 spiro atoms. The Balaban J connectivity index is 1.28. The van der Waals surface area contributed by atoms with E-state index in [4.69, 9.17) is 9.47 Å². The number of thioether (sulfide) groups is 2. The van der Waals surface area contributed by atoms with Gasteiger partial charge in [0.05, 0.1) is 23.7 Å². The minimum absolute atomic E-state index is 0.0339. The van der Waals surface area contributed by atoms with Crippen LogP contribution in [0.5, 0.6) is 0 Å². The zero-order valence-corrected chi connectivity index (χ0v) is 17.4. The second-order valence-corrected chi connectivity index (χ2v) is 9.71. The third-order valence-corrected chi connectivity index (χ3v) is 7.33. The Labute approximate surface area is 170 Å². The molecule has 3 heterocycles. The molecule has 0 aliphatic carbocycles. The number of nitrogens with one attached hydrogen (secondary N) is 2. The van der Waals surface area contributed by atoms with Gasteiger partial charge in [0.25, 0.3) is 0 Å². The van der Waals surface area contributed by atoms with Crippen LogP contribution in [0.25, 0.3) is 0 Å². The summed E-state index contributed by atoms with van der Waals surface area (Å²) < 4.78 is 12.4. The van der Waals surface area contributed by atoms with Crippen molar-refractivity contribution in [3.8, 4) is 0 Å². The summed E-state index contributed by atoms with van der Waals surface area (Å²) in [6.45, 7) is 2.70. The molecule has 2 aliphatic heterocycles. The molecule has 27 heavy (non-hydrogen) atoms. The molecule has 0 unspecified atom stereocenters. The Morgan fingerprint density at radius 3 is 1.81 bits per heavy atom. The van der Waals surface area contributed by atoms with Gasteiger partial charge < -0.3 is 20.1 Å². The number of amides is 2. The molecule has 2 amide bonds. The summed E-state index contributed by atoms with van der Waals surface area (Å²) >= 11 is 4.11. The smallest absolute Gasteiger partial charge is 0.230 e. The second-order valence-electron chi connectivity index (χ2n) is 6.29. The molecule has 2 atom stereocenters. The number of carbonyl (C=O) groups is 2. The summed E-state index contributed by atoms with van der Waals surface area (Å²) in [7, 11) is 0. The van der Waals surface area contributed by atoms with E-state index < -0.39 is 0 Å². The highest BCUT2D eigenvalue weighted by Gasteiger charge is 2.18. The summed E-state index contributed by atoms with van der Waals surface area (Å²) in [6.07, 6.45) is 4.43. The van der Waals surface area contributed by atoms with Gasteiger partial charge in [0.2, 0.25) is 11.8 Å². The van der Waals surface area contributed by atoms with Crippen LogP contribution in [0.2, 0.25) is 0 Å². The predicted octanol–water partition coefficient (Wildman–Crippen LogP) is 1.31. The van der Waals surface area contributed by atoms with Crippen molar-refractivity contribution in [3.63, 3.8) is 0 Å². The molecule has 1 aromatic rings. The van der Waals surface area contributed by atoms with E-state index in [1.165, 1.54) is 34.9 Å². The van der Waals surface area contributed by atoms with E-state index in [1.807, 2.05) is 0 Å². The highest BCUT2D eigenvalue weighted by atomic mass is 32.2. The molecule has 11 heteroatoms. The van der Waals surface area contributed by atoms with Crippen LogP contribution in [-0.2, 0) is 19.1 Å². The van der Waals surface area contributed by atoms with E-state index in [1.54, 1.807) is 0 Å². The first-order valence-corrected chi connectivity index (χ1v) is 11.8. The number of aromatic nitrogens is 2. The van der Waals surface area contributed by atoms with Crippen molar-refractivity contribution in [2.24, 2.45) is 0 Å². The monoisotopic (exact) mass is 432 g/mol. The predicted molar refractivity (Wildman–Crippen MR) is 105 cm³/mol. The van der Waals surface area contributed by atoms with Crippen molar-refractivity contribution < 1.29 is 19.1 Å². The number of rotatable bonds is 10. The van der Waals surface area contributed by atoms with Crippen LogP contribution in [0.3, 0.4) is 0 Å². The molecule has 2 N–H and O–H groups in total. The van der Waals surface area contributed by atoms with Crippen LogP contribution < -0.4 is 10.6 Å². The van der Waals surface area contributed by atoms with Gasteiger partial charge in [-0.25, -0.2) is 0 Å². The van der Waals surface area contributed by atoms with Gasteiger partial charge >= 0.3 is 0 Å². The molecule has 0 aromatic carbocycles. The molecule has 2 fully saturated rings. The van der Waals surface area contributed by atoms with Gasteiger partial charge in [0.1, 0.15) is 0 Å². The summed E-state index contributed by atoms with van der Waals surface area (Å²) in [5.41, 5.74) is 0. The third kappa shape index (κ3) is 7.57. The van der Waals surface area contributed by atoms with Gasteiger partial charge in [0.15, 0.2) is 8.68 Å². The van der Waals surface area contributed by atoms with E-state index >= 15 is 0 Å². The van der Waals surface area contributed by atoms with Gasteiger partial charge in [-0.3, -0.25) is 9.59 Å². The zero-order chi connectivity index (χ0) is 18.9. The van der Waals surface area contributed by atoms with Gasteiger partial charge in [-0.2, -0.15) is 0 Å². The van der Waals surface area contributed by atoms with E-state index in [0.29, 0.717) is 24.6 Å². The van der Waals surface area contributed by atoms with Gasteiger partial charge in [0, 0.05) is 26.3 Å². The molecular formula is C16H24N4O4S3. The van der Waals surface area contributed by atoms with Crippen molar-refractivity contribution >= 4 is 46.7 Å². The topological polar surface area (TPSA) is 102 Å². The van der Waals surface area contributed by atoms with Crippen LogP contribution in [0.1, 0.15) is 25.7 Å². The number of nitrogens with zero attached hydrogens (tertiary/aromatic N) is 2. The van der Waals surface area contributed by atoms with E-state index in [2.05, 4.69) is 20.8 Å². The highest BCUT2D eigenvalue weighted by molar-refractivity contribution is 8.03. The first kappa shape index (κ1) is 20.8. The van der Waals surface area contributed by atoms with Crippen molar-refractivity contribution in [2.45, 2.75) is 46.6 Å². The molecule has 2 aliphatic rings. The van der Waals surface area contributed by atoms with Gasteiger partial charge in [-0.15, -0.1) is 10.2 Å². The third-order valence-electron chi connectivity index (χ3n) is 4.14. The van der Waals surface area contributed by atoms with Crippen molar-refractivity contribution in [2.75, 3.05) is 37.8 Å². The fraction of sp³-hybridized carbons (Fsp3) is 0.750. The number of carbonyl (C=O) groups excluding carboxylic acids is 2. The molecule has 1 aromatic heterocycles. The average Bonchev–Trinajstić information content (AvgIpc) is 3.44. The molecular weight excluding hydrogens is 408 g/mol. The molecule has 3 rings (SSSR count). The Morgan fingerprint density at radius 1 is 0.926 bits per heavy atom. The fourth-order valence-electron chi connectivity index (χ4n) is 2.74. The van der Waals surface area contributed by atoms with Gasteiger partial charge in [-0.05, 0) is 25.7 Å². The summed E-state index contributed by atoms with van der Waals surface area (Å²) in [5.74, 6) is 0.531.